The van der Waals surface area contributed by atoms with Crippen LogP contribution in [0.5, 0.6) is 0 Å². The molecule has 3 N–H and O–H groups in total. The van der Waals surface area contributed by atoms with Crippen molar-refractivity contribution in [1.29, 1.82) is 0 Å². The zero-order chi connectivity index (χ0) is 14.3. The van der Waals surface area contributed by atoms with Crippen molar-refractivity contribution in [2.24, 2.45) is 0 Å². The van der Waals surface area contributed by atoms with Crippen molar-refractivity contribution in [2.75, 3.05) is 5.73 Å². The molecule has 4 heteroatoms. The topological polar surface area (TPSA) is 59.4 Å². The van der Waals surface area contributed by atoms with E-state index in [1.165, 1.54) is 0 Å². The second kappa shape index (κ2) is 4.96. The SMILES string of the molecule is Cc1cccc2cc(C(O)c3cc(Br)ccc3N)oc12. The number of furan rings is 1. The molecule has 102 valence electrons. The summed E-state index contributed by atoms with van der Waals surface area (Å²) in [6, 6.07) is 13.2. The van der Waals surface area contributed by atoms with Crippen LogP contribution in [0.25, 0.3) is 11.0 Å². The highest BCUT2D eigenvalue weighted by atomic mass is 79.9. The maximum absolute atomic E-state index is 10.5. The lowest BCUT2D eigenvalue weighted by Gasteiger charge is -2.11. The van der Waals surface area contributed by atoms with E-state index in [1.807, 2.05) is 37.3 Å². The van der Waals surface area contributed by atoms with Gasteiger partial charge in [-0.1, -0.05) is 34.1 Å². The Labute approximate surface area is 125 Å². The number of hydrogen-bond donors (Lipinski definition) is 2. The molecule has 0 spiro atoms. The zero-order valence-corrected chi connectivity index (χ0v) is 12.5. The first-order valence-electron chi connectivity index (χ1n) is 6.28. The number of hydrogen-bond acceptors (Lipinski definition) is 3. The predicted molar refractivity (Wildman–Crippen MR) is 83.6 cm³/mol. The monoisotopic (exact) mass is 331 g/mol. The highest BCUT2D eigenvalue weighted by molar-refractivity contribution is 9.10. The first kappa shape index (κ1) is 13.2. The fourth-order valence-corrected chi connectivity index (χ4v) is 2.68. The van der Waals surface area contributed by atoms with Gasteiger partial charge in [0.2, 0.25) is 0 Å². The maximum atomic E-state index is 10.5. The molecule has 0 radical (unpaired) electrons. The molecule has 20 heavy (non-hydrogen) atoms. The summed E-state index contributed by atoms with van der Waals surface area (Å²) in [5, 5.41) is 11.5. The van der Waals surface area contributed by atoms with E-state index in [0.29, 0.717) is 17.0 Å². The predicted octanol–water partition coefficient (Wildman–Crippen LogP) is 4.17. The normalized spacial score (nSPS) is 12.8. The number of aliphatic hydroxyl groups is 1. The molecule has 0 aliphatic rings. The summed E-state index contributed by atoms with van der Waals surface area (Å²) in [6.45, 7) is 1.98. The van der Waals surface area contributed by atoms with Crippen molar-refractivity contribution in [1.82, 2.24) is 0 Å². The number of para-hydroxylation sites is 1. The summed E-state index contributed by atoms with van der Waals surface area (Å²) in [7, 11) is 0. The van der Waals surface area contributed by atoms with Crippen molar-refractivity contribution >= 4 is 32.6 Å². The third kappa shape index (κ3) is 2.21. The molecule has 1 aromatic heterocycles. The summed E-state index contributed by atoms with van der Waals surface area (Å²) in [5.74, 6) is 0.499. The lowest BCUT2D eigenvalue weighted by molar-refractivity contribution is 0.193. The van der Waals surface area contributed by atoms with Gasteiger partial charge < -0.3 is 15.3 Å². The van der Waals surface area contributed by atoms with E-state index in [9.17, 15) is 5.11 Å². The van der Waals surface area contributed by atoms with Crippen LogP contribution in [-0.2, 0) is 0 Å². The van der Waals surface area contributed by atoms with E-state index in [0.717, 1.165) is 21.0 Å². The van der Waals surface area contributed by atoms with Gasteiger partial charge in [0.15, 0.2) is 0 Å². The Morgan fingerprint density at radius 1 is 1.20 bits per heavy atom. The number of nitrogen functional groups attached to an aromatic ring is 1. The maximum Gasteiger partial charge on any atom is 0.139 e. The molecule has 0 bridgehead atoms. The van der Waals surface area contributed by atoms with E-state index in [2.05, 4.69) is 15.9 Å². The molecule has 3 aromatic rings. The van der Waals surface area contributed by atoms with Crippen LogP contribution in [0.4, 0.5) is 5.69 Å². The van der Waals surface area contributed by atoms with Crippen molar-refractivity contribution < 1.29 is 9.52 Å². The van der Waals surface area contributed by atoms with Crippen LogP contribution in [0, 0.1) is 6.92 Å². The van der Waals surface area contributed by atoms with Gasteiger partial charge in [0.05, 0.1) is 0 Å². The molecule has 0 saturated heterocycles. The molecule has 0 aliphatic heterocycles. The molecule has 1 unspecified atom stereocenters. The summed E-state index contributed by atoms with van der Waals surface area (Å²) in [5.41, 5.74) is 8.95. The number of benzene rings is 2. The average molecular weight is 332 g/mol. The third-order valence-electron chi connectivity index (χ3n) is 3.37. The summed E-state index contributed by atoms with van der Waals surface area (Å²) in [6.07, 6.45) is -0.876. The van der Waals surface area contributed by atoms with Gasteiger partial charge in [-0.15, -0.1) is 0 Å². The fourth-order valence-electron chi connectivity index (χ4n) is 2.30. The Bertz CT molecular complexity index is 779. The van der Waals surface area contributed by atoms with E-state index in [-0.39, 0.29) is 0 Å². The highest BCUT2D eigenvalue weighted by Gasteiger charge is 2.18. The molecule has 0 aliphatic carbocycles. The Balaban J connectivity index is 2.10. The lowest BCUT2D eigenvalue weighted by Crippen LogP contribution is -2.02. The zero-order valence-electron chi connectivity index (χ0n) is 10.9. The molecule has 1 atom stereocenters. The summed E-state index contributed by atoms with van der Waals surface area (Å²) < 4.78 is 6.66. The average Bonchev–Trinajstić information content (AvgIpc) is 2.86. The van der Waals surface area contributed by atoms with Crippen LogP contribution in [0.1, 0.15) is 23.0 Å². The molecular formula is C16H14BrNO2. The van der Waals surface area contributed by atoms with E-state index < -0.39 is 6.10 Å². The summed E-state index contributed by atoms with van der Waals surface area (Å²) >= 11 is 3.39. The number of halogens is 1. The van der Waals surface area contributed by atoms with Crippen molar-refractivity contribution in [2.45, 2.75) is 13.0 Å². The Kier molecular flexibility index (Phi) is 3.28. The van der Waals surface area contributed by atoms with Gasteiger partial charge in [0, 0.05) is 21.1 Å². The van der Waals surface area contributed by atoms with Crippen LogP contribution < -0.4 is 5.73 Å². The smallest absolute Gasteiger partial charge is 0.139 e. The molecular weight excluding hydrogens is 318 g/mol. The van der Waals surface area contributed by atoms with Crippen LogP contribution in [-0.4, -0.2) is 5.11 Å². The van der Waals surface area contributed by atoms with E-state index in [1.54, 1.807) is 12.1 Å². The number of aliphatic hydroxyl groups excluding tert-OH is 1. The molecule has 0 fully saturated rings. The number of aryl methyl sites for hydroxylation is 1. The van der Waals surface area contributed by atoms with Gasteiger partial charge >= 0.3 is 0 Å². The number of rotatable bonds is 2. The molecule has 3 nitrogen and oxygen atoms in total. The van der Waals surface area contributed by atoms with Crippen LogP contribution in [0.15, 0.2) is 51.4 Å². The van der Waals surface area contributed by atoms with Crippen molar-refractivity contribution in [3.63, 3.8) is 0 Å². The largest absolute Gasteiger partial charge is 0.458 e. The minimum Gasteiger partial charge on any atom is -0.458 e. The molecule has 0 amide bonds. The summed E-state index contributed by atoms with van der Waals surface area (Å²) in [4.78, 5) is 0. The highest BCUT2D eigenvalue weighted by Crippen LogP contribution is 2.33. The first-order valence-corrected chi connectivity index (χ1v) is 7.07. The molecule has 0 saturated carbocycles. The molecule has 2 aromatic carbocycles. The van der Waals surface area contributed by atoms with Gasteiger partial charge in [0.25, 0.3) is 0 Å². The van der Waals surface area contributed by atoms with E-state index >= 15 is 0 Å². The second-order valence-electron chi connectivity index (χ2n) is 4.82. The minimum absolute atomic E-state index is 0.499. The first-order chi connectivity index (χ1) is 9.56. The van der Waals surface area contributed by atoms with Gasteiger partial charge in [-0.05, 0) is 36.8 Å². The van der Waals surface area contributed by atoms with Crippen molar-refractivity contribution in [3.05, 3.63) is 63.8 Å². The fraction of sp³-hybridized carbons (Fsp3) is 0.125. The second-order valence-corrected chi connectivity index (χ2v) is 5.73. The van der Waals surface area contributed by atoms with Crippen LogP contribution >= 0.6 is 15.9 Å². The number of anilines is 1. The molecule has 1 heterocycles. The third-order valence-corrected chi connectivity index (χ3v) is 3.87. The number of nitrogens with two attached hydrogens (primary N) is 1. The van der Waals surface area contributed by atoms with Crippen LogP contribution in [0.2, 0.25) is 0 Å². The lowest BCUT2D eigenvalue weighted by atomic mass is 10.1. The number of fused-ring (bicyclic) bond motifs is 1. The Morgan fingerprint density at radius 3 is 2.75 bits per heavy atom. The van der Waals surface area contributed by atoms with Gasteiger partial charge in [-0.3, -0.25) is 0 Å². The Hall–Kier alpha value is -1.78. The standard InChI is InChI=1S/C16H14BrNO2/c1-9-3-2-4-10-7-14(20-16(9)10)15(19)12-8-11(17)5-6-13(12)18/h2-8,15,19H,18H2,1H3. The quantitative estimate of drug-likeness (QED) is 0.693. The minimum atomic E-state index is -0.876. The van der Waals surface area contributed by atoms with Gasteiger partial charge in [0.1, 0.15) is 17.4 Å². The molecule has 3 rings (SSSR count). The van der Waals surface area contributed by atoms with Crippen molar-refractivity contribution in [3.8, 4) is 0 Å². The van der Waals surface area contributed by atoms with Gasteiger partial charge in [-0.25, -0.2) is 0 Å². The van der Waals surface area contributed by atoms with Gasteiger partial charge in [-0.2, -0.15) is 0 Å². The van der Waals surface area contributed by atoms with Crippen LogP contribution in [0.3, 0.4) is 0 Å². The van der Waals surface area contributed by atoms with E-state index in [4.69, 9.17) is 10.2 Å². The Morgan fingerprint density at radius 2 is 2.00 bits per heavy atom.